The molecule has 4 rings (SSSR count). The van der Waals surface area contributed by atoms with Crippen molar-refractivity contribution in [2.24, 2.45) is 0 Å². The largest absolute Gasteiger partial charge is 0.470 e. The third kappa shape index (κ3) is 3.56. The van der Waals surface area contributed by atoms with Gasteiger partial charge in [0.05, 0.1) is 5.02 Å². The second-order valence-corrected chi connectivity index (χ2v) is 6.22. The van der Waals surface area contributed by atoms with Crippen molar-refractivity contribution in [1.29, 1.82) is 0 Å². The van der Waals surface area contributed by atoms with Crippen LogP contribution in [0.25, 0.3) is 23.0 Å². The van der Waals surface area contributed by atoms with Crippen molar-refractivity contribution in [2.45, 2.75) is 6.73 Å². The van der Waals surface area contributed by atoms with Crippen LogP contribution in [0.3, 0.4) is 0 Å². The fourth-order valence-electron chi connectivity index (χ4n) is 2.31. The van der Waals surface area contributed by atoms with Crippen LogP contribution in [0, 0.1) is 0 Å². The number of nitrogens with zero attached hydrogens (tertiary/aromatic N) is 4. The molecule has 8 heteroatoms. The van der Waals surface area contributed by atoms with Crippen LogP contribution in [-0.4, -0.2) is 19.9 Å². The number of rotatable bonds is 5. The first-order valence-corrected chi connectivity index (χ1v) is 8.45. The fraction of sp³-hybridized carbons (Fsp3) is 0.0556. The summed E-state index contributed by atoms with van der Waals surface area (Å²) in [4.78, 5) is 4.38. The Balaban J connectivity index is 1.47. The van der Waals surface area contributed by atoms with E-state index in [9.17, 15) is 0 Å². The molecule has 0 aliphatic rings. The van der Waals surface area contributed by atoms with Gasteiger partial charge in [-0.15, -0.1) is 0 Å². The van der Waals surface area contributed by atoms with Gasteiger partial charge in [0.2, 0.25) is 5.82 Å². The highest BCUT2D eigenvalue weighted by Crippen LogP contribution is 2.28. The Morgan fingerprint density at radius 3 is 2.69 bits per heavy atom. The number of benzene rings is 2. The van der Waals surface area contributed by atoms with E-state index in [-0.39, 0.29) is 6.73 Å². The Hall–Kier alpha value is -2.83. The molecule has 2 aromatic heterocycles. The molecular weight excluding hydrogens is 375 g/mol. The molecule has 0 N–H and O–H groups in total. The zero-order valence-electron chi connectivity index (χ0n) is 13.3. The second-order valence-electron chi connectivity index (χ2n) is 5.38. The summed E-state index contributed by atoms with van der Waals surface area (Å²) in [5.41, 5.74) is 1.44. The number of hydrogen-bond acceptors (Lipinski definition) is 5. The number of halogens is 2. The maximum absolute atomic E-state index is 6.09. The molecule has 0 radical (unpaired) electrons. The van der Waals surface area contributed by atoms with Crippen molar-refractivity contribution < 1.29 is 9.26 Å². The normalized spacial score (nSPS) is 10.8. The monoisotopic (exact) mass is 386 g/mol. The Kier molecular flexibility index (Phi) is 4.60. The second kappa shape index (κ2) is 7.19. The van der Waals surface area contributed by atoms with Crippen molar-refractivity contribution in [1.82, 2.24) is 19.9 Å². The minimum absolute atomic E-state index is 0.182. The van der Waals surface area contributed by atoms with Crippen LogP contribution in [0.15, 0.2) is 65.3 Å². The lowest BCUT2D eigenvalue weighted by Crippen LogP contribution is -2.06. The molecule has 0 unspecified atom stereocenters. The highest BCUT2D eigenvalue weighted by Gasteiger charge is 2.13. The highest BCUT2D eigenvalue weighted by molar-refractivity contribution is 6.35. The molecule has 0 saturated heterocycles. The van der Waals surface area contributed by atoms with Gasteiger partial charge in [0.1, 0.15) is 5.75 Å². The summed E-state index contributed by atoms with van der Waals surface area (Å²) in [6, 6.07) is 16.4. The van der Waals surface area contributed by atoms with Crippen molar-refractivity contribution in [3.05, 3.63) is 70.8 Å². The third-order valence-electron chi connectivity index (χ3n) is 3.56. The van der Waals surface area contributed by atoms with Crippen LogP contribution in [0.2, 0.25) is 10.0 Å². The molecule has 0 fully saturated rings. The predicted octanol–water partition coefficient (Wildman–Crippen LogP) is 4.94. The van der Waals surface area contributed by atoms with Gasteiger partial charge in [-0.2, -0.15) is 10.1 Å². The van der Waals surface area contributed by atoms with E-state index in [1.165, 1.54) is 0 Å². The van der Waals surface area contributed by atoms with Gasteiger partial charge >= 0.3 is 0 Å². The van der Waals surface area contributed by atoms with Gasteiger partial charge in [-0.25, -0.2) is 4.68 Å². The lowest BCUT2D eigenvalue weighted by atomic mass is 10.2. The van der Waals surface area contributed by atoms with Crippen LogP contribution < -0.4 is 4.74 Å². The van der Waals surface area contributed by atoms with Crippen LogP contribution >= 0.6 is 23.2 Å². The fourth-order valence-corrected chi connectivity index (χ4v) is 2.77. The van der Waals surface area contributed by atoms with Crippen molar-refractivity contribution in [3.8, 4) is 28.7 Å². The molecule has 6 nitrogen and oxygen atoms in total. The number of hydrogen-bond donors (Lipinski definition) is 0. The summed E-state index contributed by atoms with van der Waals surface area (Å²) in [5.74, 6) is 1.38. The Labute approximate surface area is 158 Å². The summed E-state index contributed by atoms with van der Waals surface area (Å²) in [5, 5.41) is 9.35. The van der Waals surface area contributed by atoms with E-state index in [4.69, 9.17) is 32.5 Å². The molecule has 0 amide bonds. The maximum Gasteiger partial charge on any atom is 0.278 e. The minimum atomic E-state index is 0.182. The third-order valence-corrected chi connectivity index (χ3v) is 4.09. The van der Waals surface area contributed by atoms with E-state index in [1.807, 2.05) is 30.3 Å². The van der Waals surface area contributed by atoms with E-state index in [2.05, 4.69) is 15.2 Å². The van der Waals surface area contributed by atoms with Crippen molar-refractivity contribution in [3.63, 3.8) is 0 Å². The highest BCUT2D eigenvalue weighted by atomic mass is 35.5. The molecule has 0 bridgehead atoms. The van der Waals surface area contributed by atoms with Crippen LogP contribution in [0.5, 0.6) is 5.75 Å². The lowest BCUT2D eigenvalue weighted by Gasteiger charge is -2.07. The molecule has 130 valence electrons. The lowest BCUT2D eigenvalue weighted by molar-refractivity contribution is 0.221. The average Bonchev–Trinajstić information content (AvgIpc) is 3.31. The molecule has 26 heavy (non-hydrogen) atoms. The first kappa shape index (κ1) is 16.6. The summed E-state index contributed by atoms with van der Waals surface area (Å²) in [6.07, 6.45) is 1.76. The summed E-state index contributed by atoms with van der Waals surface area (Å²) >= 11 is 12.0. The quantitative estimate of drug-likeness (QED) is 0.485. The van der Waals surface area contributed by atoms with Crippen LogP contribution in [0.4, 0.5) is 0 Å². The van der Waals surface area contributed by atoms with Gasteiger partial charge in [-0.1, -0.05) is 58.7 Å². The topological polar surface area (TPSA) is 66.0 Å². The number of aromatic nitrogens is 4. The Morgan fingerprint density at radius 1 is 1.04 bits per heavy atom. The molecule has 0 atom stereocenters. The van der Waals surface area contributed by atoms with Crippen molar-refractivity contribution >= 4 is 23.2 Å². The Bertz CT molecular complexity index is 1030. The van der Waals surface area contributed by atoms with Crippen LogP contribution in [0.1, 0.15) is 0 Å². The molecule has 2 aromatic carbocycles. The molecule has 2 heterocycles. The minimum Gasteiger partial charge on any atom is -0.470 e. The molecule has 4 aromatic rings. The van der Waals surface area contributed by atoms with Crippen LogP contribution in [-0.2, 0) is 6.73 Å². The number of ether oxygens (including phenoxy) is 1. The smallest absolute Gasteiger partial charge is 0.278 e. The molecular formula is C18H12Cl2N4O2. The van der Waals surface area contributed by atoms with E-state index in [0.29, 0.717) is 33.2 Å². The van der Waals surface area contributed by atoms with Gasteiger partial charge in [0.25, 0.3) is 5.89 Å². The molecule has 0 saturated carbocycles. The standard InChI is InChI=1S/C18H12Cl2N4O2/c19-13-6-7-16(14(20)10-13)25-11-24-9-8-15(22-24)18-21-17(23-26-18)12-4-2-1-3-5-12/h1-10H,11H2. The van der Waals surface area contributed by atoms with E-state index < -0.39 is 0 Å². The first-order chi connectivity index (χ1) is 12.7. The van der Waals surface area contributed by atoms with Gasteiger partial charge in [-0.05, 0) is 24.3 Å². The van der Waals surface area contributed by atoms with Crippen molar-refractivity contribution in [2.75, 3.05) is 0 Å². The molecule has 0 spiro atoms. The summed E-state index contributed by atoms with van der Waals surface area (Å²) in [6.45, 7) is 0.182. The van der Waals surface area contributed by atoms with Gasteiger partial charge in [0.15, 0.2) is 12.4 Å². The zero-order chi connectivity index (χ0) is 17.9. The zero-order valence-corrected chi connectivity index (χ0v) is 14.9. The van der Waals surface area contributed by atoms with E-state index in [1.54, 1.807) is 35.1 Å². The summed E-state index contributed by atoms with van der Waals surface area (Å²) in [7, 11) is 0. The van der Waals surface area contributed by atoms with E-state index in [0.717, 1.165) is 5.56 Å². The maximum atomic E-state index is 6.09. The first-order valence-electron chi connectivity index (χ1n) is 7.70. The SMILES string of the molecule is Clc1ccc(OCn2ccc(-c3nc(-c4ccccc4)no3)n2)c(Cl)c1. The van der Waals surface area contributed by atoms with Gasteiger partial charge < -0.3 is 9.26 Å². The molecule has 0 aliphatic carbocycles. The average molecular weight is 387 g/mol. The molecule has 0 aliphatic heterocycles. The van der Waals surface area contributed by atoms with Gasteiger partial charge in [-0.3, -0.25) is 0 Å². The summed E-state index contributed by atoms with van der Waals surface area (Å²) < 4.78 is 12.5. The predicted molar refractivity (Wildman–Crippen MR) is 98.0 cm³/mol. The Morgan fingerprint density at radius 2 is 1.88 bits per heavy atom. The van der Waals surface area contributed by atoms with E-state index >= 15 is 0 Å². The van der Waals surface area contributed by atoms with Gasteiger partial charge in [0, 0.05) is 16.8 Å².